The van der Waals surface area contributed by atoms with Gasteiger partial charge in [0.2, 0.25) is 0 Å². The summed E-state index contributed by atoms with van der Waals surface area (Å²) < 4.78 is 0. The zero-order valence-electron chi connectivity index (χ0n) is 42.6. The van der Waals surface area contributed by atoms with E-state index in [1.54, 1.807) is 5.20 Å². The minimum Gasteiger partial charge on any atom is -0.0636 e. The summed E-state index contributed by atoms with van der Waals surface area (Å²) >= 11 is 0. The Balaban J connectivity index is 1.44. The van der Waals surface area contributed by atoms with Gasteiger partial charge in [-0.25, -0.2) is 0 Å². The average molecular weight is 921 g/mol. The van der Waals surface area contributed by atoms with Crippen LogP contribution >= 0.6 is 0 Å². The topological polar surface area (TPSA) is 0 Å². The van der Waals surface area contributed by atoms with Crippen LogP contribution in [0, 0.1) is 47.5 Å². The van der Waals surface area contributed by atoms with Crippen molar-refractivity contribution >= 4 is 23.6 Å². The second-order valence-electron chi connectivity index (χ2n) is 20.4. The maximum atomic E-state index is 2.60. The monoisotopic (exact) mass is 920 g/mol. The minimum atomic E-state index is -3.41. The largest absolute Gasteiger partial charge is 0.176 e. The van der Waals surface area contributed by atoms with Gasteiger partial charge in [-0.05, 0) is 174 Å². The van der Waals surface area contributed by atoms with Gasteiger partial charge in [-0.15, -0.1) is 0 Å². The highest BCUT2D eigenvalue weighted by atomic mass is 28.3. The van der Waals surface area contributed by atoms with E-state index < -0.39 is 8.07 Å². The van der Waals surface area contributed by atoms with E-state index in [0.29, 0.717) is 0 Å². The molecule has 0 fully saturated rings. The summed E-state index contributed by atoms with van der Waals surface area (Å²) in [4.78, 5) is 0. The van der Waals surface area contributed by atoms with Crippen LogP contribution in [0.3, 0.4) is 0 Å². The predicted octanol–water partition coefficient (Wildman–Crippen LogP) is 16.9. The van der Waals surface area contributed by atoms with Crippen LogP contribution in [0.5, 0.6) is 0 Å². The van der Waals surface area contributed by atoms with E-state index in [-0.39, 0.29) is 5.92 Å². The highest BCUT2D eigenvalue weighted by Crippen LogP contribution is 2.44. The first-order chi connectivity index (χ1) is 33.7. The highest BCUT2D eigenvalue weighted by Gasteiger charge is 2.49. The van der Waals surface area contributed by atoms with Crippen molar-refractivity contribution in [1.29, 1.82) is 0 Å². The van der Waals surface area contributed by atoms with Crippen LogP contribution in [-0.4, -0.2) is 8.07 Å². The van der Waals surface area contributed by atoms with Crippen molar-refractivity contribution in [3.05, 3.63) is 255 Å². The van der Waals surface area contributed by atoms with Crippen molar-refractivity contribution in [3.8, 4) is 66.8 Å². The molecule has 0 radical (unpaired) electrons. The first-order valence-corrected chi connectivity index (χ1v) is 27.0. The molecule has 0 N–H and O–H groups in total. The zero-order valence-corrected chi connectivity index (χ0v) is 43.6. The Morgan fingerprint density at radius 1 is 0.243 bits per heavy atom. The van der Waals surface area contributed by atoms with Crippen LogP contribution in [0.15, 0.2) is 222 Å². The fourth-order valence-corrected chi connectivity index (χ4v) is 16.7. The molecule has 0 aliphatic heterocycles. The van der Waals surface area contributed by atoms with Crippen molar-refractivity contribution in [3.63, 3.8) is 0 Å². The number of hydrogen-bond donors (Lipinski definition) is 0. The van der Waals surface area contributed by atoms with Crippen molar-refractivity contribution in [2.45, 2.75) is 69.2 Å². The molecule has 0 saturated heterocycles. The number of aryl methyl sites for hydroxylation is 6. The molecule has 0 heterocycles. The molecule has 0 saturated carbocycles. The summed E-state index contributed by atoms with van der Waals surface area (Å²) in [6.07, 6.45) is 0. The summed E-state index contributed by atoms with van der Waals surface area (Å²) in [5.41, 5.74) is 26.6. The average Bonchev–Trinajstić information content (AvgIpc) is 3.56. The molecule has 1 heteroatoms. The molecule has 0 aromatic heterocycles. The molecule has 0 spiro atoms. The van der Waals surface area contributed by atoms with Crippen molar-refractivity contribution < 1.29 is 0 Å². The molecule has 9 aromatic carbocycles. The van der Waals surface area contributed by atoms with E-state index in [1.807, 2.05) is 0 Å². The van der Waals surface area contributed by atoms with E-state index in [1.165, 1.54) is 132 Å². The third-order valence-corrected chi connectivity index (χ3v) is 20.5. The van der Waals surface area contributed by atoms with Gasteiger partial charge in [0.25, 0.3) is 0 Å². The smallest absolute Gasteiger partial charge is 0.0636 e. The quantitative estimate of drug-likeness (QED) is 0.0947. The van der Waals surface area contributed by atoms with E-state index >= 15 is 0 Å². The van der Waals surface area contributed by atoms with Gasteiger partial charge in [-0.3, -0.25) is 0 Å². The Morgan fingerprint density at radius 3 is 0.614 bits per heavy atom. The van der Waals surface area contributed by atoms with Crippen molar-refractivity contribution in [1.82, 2.24) is 0 Å². The van der Waals surface area contributed by atoms with E-state index in [0.717, 1.165) is 0 Å². The fourth-order valence-electron chi connectivity index (χ4n) is 10.9. The summed E-state index contributed by atoms with van der Waals surface area (Å²) in [5.74, 6) is 0.203. The molecule has 0 amide bonds. The zero-order chi connectivity index (χ0) is 48.8. The Kier molecular flexibility index (Phi) is 12.5. The molecule has 0 bridgehead atoms. The molecule has 1 aliphatic carbocycles. The molecular weight excluding hydrogens is 857 g/mol. The van der Waals surface area contributed by atoms with E-state index in [9.17, 15) is 0 Å². The van der Waals surface area contributed by atoms with Gasteiger partial charge < -0.3 is 0 Å². The van der Waals surface area contributed by atoms with E-state index in [2.05, 4.69) is 269 Å². The minimum absolute atomic E-state index is 0.203. The highest BCUT2D eigenvalue weighted by molar-refractivity contribution is 7.16. The van der Waals surface area contributed by atoms with Crippen LogP contribution in [0.2, 0.25) is 0 Å². The molecule has 1 atom stereocenters. The van der Waals surface area contributed by atoms with Crippen LogP contribution in [0.25, 0.3) is 66.8 Å². The number of rotatable bonds is 10. The predicted molar refractivity (Wildman–Crippen MR) is 305 cm³/mol. The number of hydrogen-bond acceptors (Lipinski definition) is 0. The normalized spacial score (nSPS) is 13.9. The lowest BCUT2D eigenvalue weighted by Gasteiger charge is -2.40. The van der Waals surface area contributed by atoms with E-state index in [4.69, 9.17) is 0 Å². The third-order valence-electron chi connectivity index (χ3n) is 15.5. The first-order valence-electron chi connectivity index (χ1n) is 25.0. The van der Waals surface area contributed by atoms with Crippen molar-refractivity contribution in [2.75, 3.05) is 0 Å². The van der Waals surface area contributed by atoms with Crippen LogP contribution in [0.4, 0.5) is 0 Å². The molecule has 9 aromatic rings. The number of benzene rings is 9. The van der Waals surface area contributed by atoms with Crippen LogP contribution < -0.4 is 15.6 Å². The first kappa shape index (κ1) is 46.4. The van der Waals surface area contributed by atoms with Gasteiger partial charge in [-0.2, -0.15) is 0 Å². The lowest BCUT2D eigenvalue weighted by atomic mass is 9.97. The van der Waals surface area contributed by atoms with Gasteiger partial charge in [0.15, 0.2) is 8.07 Å². The molecule has 1 unspecified atom stereocenters. The summed E-state index contributed by atoms with van der Waals surface area (Å²) in [6.45, 7) is 22.8. The molecule has 1 aliphatic rings. The van der Waals surface area contributed by atoms with Gasteiger partial charge in [-0.1, -0.05) is 239 Å². The Labute approximate surface area is 418 Å². The van der Waals surface area contributed by atoms with Gasteiger partial charge >= 0.3 is 0 Å². The molecule has 344 valence electrons. The lowest BCUT2D eigenvalue weighted by Crippen LogP contribution is -2.69. The summed E-state index contributed by atoms with van der Waals surface area (Å²) in [7, 11) is -3.41. The van der Waals surface area contributed by atoms with Crippen LogP contribution in [-0.2, 0) is 0 Å². The third kappa shape index (κ3) is 8.80. The Hall–Kier alpha value is -7.32. The van der Waals surface area contributed by atoms with Gasteiger partial charge in [0, 0.05) is 0 Å². The maximum Gasteiger partial charge on any atom is 0.176 e. The van der Waals surface area contributed by atoms with Gasteiger partial charge in [0.1, 0.15) is 0 Å². The summed E-state index contributed by atoms with van der Waals surface area (Å²) in [5, 5.41) is 5.72. The molecular formula is C69H64Si. The summed E-state index contributed by atoms with van der Waals surface area (Å²) in [6, 6.07) is 77.8. The maximum absolute atomic E-state index is 3.41. The van der Waals surface area contributed by atoms with Gasteiger partial charge in [0.05, 0.1) is 0 Å². The number of allylic oxidation sites excluding steroid dienone is 4. The van der Waals surface area contributed by atoms with Crippen molar-refractivity contribution in [2.24, 2.45) is 5.92 Å². The SMILES string of the molecule is CC1=C(C)C(C)C([Si](c2cc(-c3ccc(C)cc3)cc(-c3ccc(C)cc3)c2)(c2cc(-c3ccc(C)cc3)cc(-c3ccc(C)cc3)c2)c2cc(-c3ccc(C)cc3)cc(-c3ccc(C)cc3)c2)=C1C. The second kappa shape index (κ2) is 18.9. The fraction of sp³-hybridized carbons (Fsp3) is 0.159. The Bertz CT molecular complexity index is 2930. The standard InChI is InChI=1S/C69H64Si/c1-44-11-23-54(24-12-44)60-35-61(55-25-13-45(2)14-26-55)39-66(38-60)70(69-52(9)50(7)51(8)53(69)10,67-40-62(56-27-15-46(3)16-28-56)36-63(41-67)57-29-17-47(4)18-30-57)68-42-64(58-31-19-48(5)20-32-58)37-65(43-68)59-33-21-49(6)22-34-59/h11-43,52H,1-10H3. The molecule has 10 rings (SSSR count). The lowest BCUT2D eigenvalue weighted by molar-refractivity contribution is 0.851. The molecule has 0 nitrogen and oxygen atoms in total. The Morgan fingerprint density at radius 2 is 0.443 bits per heavy atom. The second-order valence-corrected chi connectivity index (χ2v) is 24.2. The molecule has 70 heavy (non-hydrogen) atoms. The van der Waals surface area contributed by atoms with Crippen LogP contribution in [0.1, 0.15) is 61.1 Å².